The third-order valence-electron chi connectivity index (χ3n) is 2.82. The summed E-state index contributed by atoms with van der Waals surface area (Å²) in [5.74, 6) is -0.474. The molecule has 0 radical (unpaired) electrons. The molecule has 1 heterocycles. The van der Waals surface area contributed by atoms with Gasteiger partial charge < -0.3 is 9.84 Å². The molecule has 0 fully saturated rings. The second-order valence-corrected chi connectivity index (χ2v) is 4.01. The van der Waals surface area contributed by atoms with Gasteiger partial charge in [0.2, 0.25) is 0 Å². The minimum Gasteiger partial charge on any atom is -0.462 e. The van der Waals surface area contributed by atoms with Crippen molar-refractivity contribution in [3.8, 4) is 0 Å². The van der Waals surface area contributed by atoms with Crippen molar-refractivity contribution in [2.24, 2.45) is 5.10 Å². The van der Waals surface area contributed by atoms with Gasteiger partial charge in [0.25, 0.3) is 0 Å². The first kappa shape index (κ1) is 12.6. The highest BCUT2D eigenvalue weighted by atomic mass is 16.5. The summed E-state index contributed by atoms with van der Waals surface area (Å²) in [7, 11) is 0. The van der Waals surface area contributed by atoms with Gasteiger partial charge in [-0.15, -0.1) is 0 Å². The number of carbonyl (C=O) groups is 1. The number of hydrogen-bond donors (Lipinski definition) is 1. The molecule has 0 saturated heterocycles. The molecule has 1 aromatic rings. The first-order valence-corrected chi connectivity index (χ1v) is 5.95. The van der Waals surface area contributed by atoms with Gasteiger partial charge in [-0.1, -0.05) is 18.2 Å². The first-order chi connectivity index (χ1) is 8.76. The number of hydrogen-bond acceptors (Lipinski definition) is 5. The first-order valence-electron chi connectivity index (χ1n) is 5.95. The van der Waals surface area contributed by atoms with Crippen molar-refractivity contribution in [1.29, 1.82) is 0 Å². The Kier molecular flexibility index (Phi) is 3.94. The fraction of sp³-hybridized carbons (Fsp3) is 0.385. The summed E-state index contributed by atoms with van der Waals surface area (Å²) in [5.41, 5.74) is 2.05. The summed E-state index contributed by atoms with van der Waals surface area (Å²) in [6, 6.07) is 7.66. The van der Waals surface area contributed by atoms with Crippen LogP contribution in [0.2, 0.25) is 0 Å². The average Bonchev–Trinajstić information content (AvgIpc) is 2.74. The zero-order valence-corrected chi connectivity index (χ0v) is 10.2. The molecule has 0 bridgehead atoms. The number of aliphatic hydroxyl groups excluding tert-OH is 1. The second-order valence-electron chi connectivity index (χ2n) is 4.01. The smallest absolute Gasteiger partial charge is 0.351 e. The van der Waals surface area contributed by atoms with E-state index in [2.05, 4.69) is 5.10 Å². The Morgan fingerprint density at radius 3 is 3.11 bits per heavy atom. The van der Waals surface area contributed by atoms with Gasteiger partial charge in [0.05, 0.1) is 24.9 Å². The predicted octanol–water partition coefficient (Wildman–Crippen LogP) is 0.959. The van der Waals surface area contributed by atoms with Gasteiger partial charge in [-0.25, -0.2) is 4.79 Å². The maximum atomic E-state index is 11.2. The van der Waals surface area contributed by atoms with E-state index in [0.29, 0.717) is 6.61 Å². The third-order valence-corrected chi connectivity index (χ3v) is 2.82. The van der Waals surface area contributed by atoms with Crippen LogP contribution in [0.1, 0.15) is 12.5 Å². The van der Waals surface area contributed by atoms with Crippen LogP contribution in [0.25, 0.3) is 0 Å². The lowest BCUT2D eigenvalue weighted by Gasteiger charge is -2.19. The highest BCUT2D eigenvalue weighted by Crippen LogP contribution is 2.31. The normalized spacial score (nSPS) is 18.1. The number of aliphatic hydroxyl groups is 1. The molecule has 0 saturated carbocycles. The molecule has 96 valence electrons. The minimum atomic E-state index is -0.474. The summed E-state index contributed by atoms with van der Waals surface area (Å²) >= 11 is 0. The second kappa shape index (κ2) is 5.64. The van der Waals surface area contributed by atoms with E-state index in [9.17, 15) is 9.90 Å². The fourth-order valence-corrected chi connectivity index (χ4v) is 2.03. The molecule has 1 N–H and O–H groups in total. The van der Waals surface area contributed by atoms with Crippen molar-refractivity contribution >= 4 is 17.9 Å². The topological polar surface area (TPSA) is 62.1 Å². The molecule has 0 spiro atoms. The predicted molar refractivity (Wildman–Crippen MR) is 68.6 cm³/mol. The van der Waals surface area contributed by atoms with Crippen LogP contribution in [0.15, 0.2) is 29.4 Å². The molecule has 18 heavy (non-hydrogen) atoms. The molecule has 5 heteroatoms. The number of hydrazone groups is 1. The van der Waals surface area contributed by atoms with E-state index in [1.54, 1.807) is 11.9 Å². The van der Waals surface area contributed by atoms with Gasteiger partial charge in [-0.05, 0) is 25.0 Å². The SMILES string of the molecule is CCOC(=O)/C=N/N1c2ccccc2CC1CO. The molecule has 2 rings (SSSR count). The van der Waals surface area contributed by atoms with Crippen molar-refractivity contribution in [3.05, 3.63) is 29.8 Å². The van der Waals surface area contributed by atoms with E-state index in [0.717, 1.165) is 23.9 Å². The molecule has 0 aliphatic carbocycles. The molecule has 1 aliphatic rings. The minimum absolute atomic E-state index is 0.00511. The van der Waals surface area contributed by atoms with E-state index in [1.807, 2.05) is 24.3 Å². The van der Waals surface area contributed by atoms with Crippen molar-refractivity contribution < 1.29 is 14.6 Å². The maximum Gasteiger partial charge on any atom is 0.351 e. The third kappa shape index (κ3) is 2.51. The lowest BCUT2D eigenvalue weighted by Crippen LogP contribution is -2.31. The van der Waals surface area contributed by atoms with Crippen LogP contribution in [0.3, 0.4) is 0 Å². The van der Waals surface area contributed by atoms with Crippen LogP contribution in [-0.2, 0) is 16.0 Å². The van der Waals surface area contributed by atoms with Crippen LogP contribution in [0.5, 0.6) is 0 Å². The lowest BCUT2D eigenvalue weighted by atomic mass is 10.1. The zero-order chi connectivity index (χ0) is 13.0. The number of nitrogens with zero attached hydrogens (tertiary/aromatic N) is 2. The highest BCUT2D eigenvalue weighted by Gasteiger charge is 2.28. The summed E-state index contributed by atoms with van der Waals surface area (Å²) < 4.78 is 4.78. The van der Waals surface area contributed by atoms with Crippen molar-refractivity contribution in [3.63, 3.8) is 0 Å². The molecule has 1 atom stereocenters. The largest absolute Gasteiger partial charge is 0.462 e. The Balaban J connectivity index is 2.17. The van der Waals surface area contributed by atoms with Gasteiger partial charge >= 0.3 is 5.97 Å². The molecule has 0 amide bonds. The highest BCUT2D eigenvalue weighted by molar-refractivity contribution is 6.23. The fourth-order valence-electron chi connectivity index (χ4n) is 2.03. The van der Waals surface area contributed by atoms with Gasteiger partial charge in [0, 0.05) is 0 Å². The maximum absolute atomic E-state index is 11.2. The standard InChI is InChI=1S/C13H16N2O3/c1-2-18-13(17)8-14-15-11(9-16)7-10-5-3-4-6-12(10)15/h3-6,8,11,16H,2,7,9H2,1H3/b14-8+. The Bertz CT molecular complexity index is 459. The lowest BCUT2D eigenvalue weighted by molar-refractivity contribution is -0.134. The summed E-state index contributed by atoms with van der Waals surface area (Å²) in [6.45, 7) is 2.06. The number of esters is 1. The Labute approximate surface area is 106 Å². The quantitative estimate of drug-likeness (QED) is 0.637. The van der Waals surface area contributed by atoms with E-state index in [4.69, 9.17) is 4.74 Å². The number of para-hydroxylation sites is 1. The number of rotatable bonds is 4. The van der Waals surface area contributed by atoms with Crippen LogP contribution < -0.4 is 5.01 Å². The average molecular weight is 248 g/mol. The number of benzene rings is 1. The van der Waals surface area contributed by atoms with Gasteiger partial charge in [-0.3, -0.25) is 5.01 Å². The molecule has 0 aromatic heterocycles. The van der Waals surface area contributed by atoms with E-state index in [1.165, 1.54) is 0 Å². The summed E-state index contributed by atoms with van der Waals surface area (Å²) in [6.07, 6.45) is 1.88. The molecular weight excluding hydrogens is 232 g/mol. The molecule has 5 nitrogen and oxygen atoms in total. The Morgan fingerprint density at radius 2 is 2.39 bits per heavy atom. The summed E-state index contributed by atoms with van der Waals surface area (Å²) in [4.78, 5) is 11.2. The molecule has 1 aromatic carbocycles. The monoisotopic (exact) mass is 248 g/mol. The number of anilines is 1. The van der Waals surface area contributed by atoms with E-state index in [-0.39, 0.29) is 12.6 Å². The van der Waals surface area contributed by atoms with Gasteiger partial charge in [0.1, 0.15) is 6.21 Å². The van der Waals surface area contributed by atoms with Crippen LogP contribution >= 0.6 is 0 Å². The number of ether oxygens (including phenoxy) is 1. The zero-order valence-electron chi connectivity index (χ0n) is 10.2. The van der Waals surface area contributed by atoms with E-state index < -0.39 is 5.97 Å². The summed E-state index contributed by atoms with van der Waals surface area (Å²) in [5, 5.41) is 15.1. The van der Waals surface area contributed by atoms with Crippen LogP contribution in [-0.4, -0.2) is 36.5 Å². The van der Waals surface area contributed by atoms with Crippen molar-refractivity contribution in [2.45, 2.75) is 19.4 Å². The number of carbonyl (C=O) groups excluding carboxylic acids is 1. The van der Waals surface area contributed by atoms with E-state index >= 15 is 0 Å². The van der Waals surface area contributed by atoms with Crippen molar-refractivity contribution in [1.82, 2.24) is 0 Å². The molecular formula is C13H16N2O3. The van der Waals surface area contributed by atoms with Crippen molar-refractivity contribution in [2.75, 3.05) is 18.2 Å². The van der Waals surface area contributed by atoms with Crippen LogP contribution in [0, 0.1) is 0 Å². The number of fused-ring (bicyclic) bond motifs is 1. The molecule has 1 unspecified atom stereocenters. The Hall–Kier alpha value is -1.88. The van der Waals surface area contributed by atoms with Gasteiger partial charge in [0.15, 0.2) is 0 Å². The van der Waals surface area contributed by atoms with Gasteiger partial charge in [-0.2, -0.15) is 5.10 Å². The Morgan fingerprint density at radius 1 is 1.61 bits per heavy atom. The van der Waals surface area contributed by atoms with Crippen LogP contribution in [0.4, 0.5) is 5.69 Å². The molecule has 1 aliphatic heterocycles.